The van der Waals surface area contributed by atoms with Crippen molar-refractivity contribution in [3.63, 3.8) is 0 Å². The maximum absolute atomic E-state index is 9.66. The Bertz CT molecular complexity index is 137. The highest BCUT2D eigenvalue weighted by molar-refractivity contribution is 5.09. The first-order chi connectivity index (χ1) is 4.19. The minimum atomic E-state index is -0.682. The number of hydrogen-bond donors (Lipinski definition) is 1. The predicted octanol–water partition coefficient (Wildman–Crippen LogP) is 2.36. The van der Waals surface area contributed by atoms with Gasteiger partial charge in [-0.25, -0.2) is 0 Å². The molecule has 0 aromatic rings. The summed E-state index contributed by atoms with van der Waals surface area (Å²) in [6.45, 7) is 13.4. The smallest absolute Gasteiger partial charge is 0.0679 e. The molecule has 0 aromatic carbocycles. The van der Waals surface area contributed by atoms with Crippen molar-refractivity contribution in [2.24, 2.45) is 5.41 Å². The summed E-state index contributed by atoms with van der Waals surface area (Å²) in [5, 5.41) is 9.66. The van der Waals surface area contributed by atoms with E-state index in [1.54, 1.807) is 0 Å². The summed E-state index contributed by atoms with van der Waals surface area (Å²) in [5.74, 6) is 0. The molecule has 1 nitrogen and oxygen atoms in total. The first kappa shape index (κ1) is 9.70. The molecule has 0 aliphatic carbocycles. The van der Waals surface area contributed by atoms with Crippen molar-refractivity contribution in [2.45, 2.75) is 40.2 Å². The van der Waals surface area contributed by atoms with E-state index in [2.05, 4.69) is 6.58 Å². The number of aliphatic hydroxyl groups is 1. The van der Waals surface area contributed by atoms with Crippen molar-refractivity contribution in [1.82, 2.24) is 0 Å². The van der Waals surface area contributed by atoms with Crippen LogP contribution in [0.4, 0.5) is 0 Å². The summed E-state index contributed by atoms with van der Waals surface area (Å²) >= 11 is 0. The van der Waals surface area contributed by atoms with Crippen LogP contribution < -0.4 is 0 Å². The normalized spacial score (nSPS) is 13.4. The molecule has 0 rings (SSSR count). The highest BCUT2D eigenvalue weighted by atomic mass is 16.3. The Kier molecular flexibility index (Phi) is 2.32. The van der Waals surface area contributed by atoms with Crippen LogP contribution in [0.5, 0.6) is 0 Å². The predicted molar refractivity (Wildman–Crippen MR) is 44.9 cm³/mol. The molecule has 0 radical (unpaired) electrons. The van der Waals surface area contributed by atoms with E-state index in [4.69, 9.17) is 0 Å². The van der Waals surface area contributed by atoms with Gasteiger partial charge in [0.2, 0.25) is 0 Å². The summed E-state index contributed by atoms with van der Waals surface area (Å²) < 4.78 is 0. The third-order valence-electron chi connectivity index (χ3n) is 2.60. The lowest BCUT2D eigenvalue weighted by atomic mass is 9.73. The Hall–Kier alpha value is -0.300. The molecular formula is C9H18O. The first-order valence-corrected chi connectivity index (χ1v) is 3.58. The van der Waals surface area contributed by atoms with E-state index in [0.717, 1.165) is 5.57 Å². The van der Waals surface area contributed by atoms with Gasteiger partial charge in [-0.1, -0.05) is 26.0 Å². The molecule has 0 aromatic heterocycles. The zero-order valence-electron chi connectivity index (χ0n) is 7.65. The van der Waals surface area contributed by atoms with E-state index < -0.39 is 5.60 Å². The van der Waals surface area contributed by atoms with Gasteiger partial charge >= 0.3 is 0 Å². The van der Waals surface area contributed by atoms with Gasteiger partial charge in [0.25, 0.3) is 0 Å². The maximum atomic E-state index is 9.66. The Labute approximate surface area is 63.8 Å². The molecule has 1 heteroatoms. The minimum absolute atomic E-state index is 0.201. The number of rotatable bonds is 2. The summed E-state index contributed by atoms with van der Waals surface area (Å²) in [6.07, 6.45) is 0. The van der Waals surface area contributed by atoms with E-state index in [0.29, 0.717) is 0 Å². The highest BCUT2D eigenvalue weighted by Gasteiger charge is 2.35. The molecule has 0 heterocycles. The van der Waals surface area contributed by atoms with Gasteiger partial charge < -0.3 is 5.11 Å². The fourth-order valence-electron chi connectivity index (χ4n) is 0.522. The molecule has 0 bridgehead atoms. The summed E-state index contributed by atoms with van der Waals surface area (Å²) in [5.41, 5.74) is 0.131. The Morgan fingerprint density at radius 3 is 1.50 bits per heavy atom. The summed E-state index contributed by atoms with van der Waals surface area (Å²) in [6, 6.07) is 0. The van der Waals surface area contributed by atoms with E-state index in [1.165, 1.54) is 0 Å². The van der Waals surface area contributed by atoms with Gasteiger partial charge in [0.05, 0.1) is 5.60 Å². The van der Waals surface area contributed by atoms with Gasteiger partial charge in [0.15, 0.2) is 0 Å². The monoisotopic (exact) mass is 142 g/mol. The molecule has 0 atom stereocenters. The van der Waals surface area contributed by atoms with Crippen molar-refractivity contribution < 1.29 is 5.11 Å². The highest BCUT2D eigenvalue weighted by Crippen LogP contribution is 2.36. The fourth-order valence-corrected chi connectivity index (χ4v) is 0.522. The lowest BCUT2D eigenvalue weighted by Gasteiger charge is -2.37. The van der Waals surface area contributed by atoms with Crippen molar-refractivity contribution in [1.29, 1.82) is 0 Å². The lowest BCUT2D eigenvalue weighted by Crippen LogP contribution is -2.39. The summed E-state index contributed by atoms with van der Waals surface area (Å²) in [7, 11) is 0. The van der Waals surface area contributed by atoms with E-state index >= 15 is 0 Å². The van der Waals surface area contributed by atoms with Crippen LogP contribution in [0, 0.1) is 5.41 Å². The molecular weight excluding hydrogens is 124 g/mol. The van der Waals surface area contributed by atoms with E-state index in [-0.39, 0.29) is 5.41 Å². The maximum Gasteiger partial charge on any atom is 0.0679 e. The van der Waals surface area contributed by atoms with Gasteiger partial charge in [-0.3, -0.25) is 0 Å². The standard InChI is InChI=1S/C9H18O/c1-7(2)8(3,4)9(5,6)10/h10H,1H2,2-6H3. The zero-order chi connectivity index (χ0) is 8.58. The van der Waals surface area contributed by atoms with Crippen LogP contribution in [0.3, 0.4) is 0 Å². The SMILES string of the molecule is C=C(C)C(C)(C)C(C)(C)O. The zero-order valence-corrected chi connectivity index (χ0v) is 7.65. The van der Waals surface area contributed by atoms with Crippen LogP contribution in [0.15, 0.2) is 12.2 Å². The second-order valence-electron chi connectivity index (χ2n) is 3.96. The Morgan fingerprint density at radius 2 is 1.50 bits per heavy atom. The van der Waals surface area contributed by atoms with Crippen molar-refractivity contribution in [2.75, 3.05) is 0 Å². The molecule has 0 aliphatic heterocycles. The van der Waals surface area contributed by atoms with Crippen molar-refractivity contribution in [3.05, 3.63) is 12.2 Å². The van der Waals surface area contributed by atoms with Crippen LogP contribution in [-0.4, -0.2) is 10.7 Å². The average molecular weight is 142 g/mol. The van der Waals surface area contributed by atoms with Gasteiger partial charge in [-0.15, -0.1) is 0 Å². The third-order valence-corrected chi connectivity index (χ3v) is 2.60. The number of hydrogen-bond acceptors (Lipinski definition) is 1. The Balaban J connectivity index is 4.57. The molecule has 1 N–H and O–H groups in total. The molecule has 10 heavy (non-hydrogen) atoms. The molecule has 0 unspecified atom stereocenters. The molecule has 0 aliphatic rings. The molecule has 0 saturated carbocycles. The second-order valence-corrected chi connectivity index (χ2v) is 3.96. The average Bonchev–Trinajstić information content (AvgIpc) is 1.62. The first-order valence-electron chi connectivity index (χ1n) is 3.58. The van der Waals surface area contributed by atoms with Crippen LogP contribution in [-0.2, 0) is 0 Å². The van der Waals surface area contributed by atoms with Crippen LogP contribution in [0.25, 0.3) is 0 Å². The molecule has 0 fully saturated rings. The van der Waals surface area contributed by atoms with Crippen LogP contribution >= 0.6 is 0 Å². The quantitative estimate of drug-likeness (QED) is 0.587. The second kappa shape index (κ2) is 2.39. The molecule has 0 spiro atoms. The van der Waals surface area contributed by atoms with Gasteiger partial charge in [0.1, 0.15) is 0 Å². The van der Waals surface area contributed by atoms with Crippen molar-refractivity contribution >= 4 is 0 Å². The van der Waals surface area contributed by atoms with Gasteiger partial charge in [0, 0.05) is 5.41 Å². The van der Waals surface area contributed by atoms with Crippen LogP contribution in [0.1, 0.15) is 34.6 Å². The molecule has 0 saturated heterocycles. The fraction of sp³-hybridized carbons (Fsp3) is 0.778. The summed E-state index contributed by atoms with van der Waals surface area (Å²) in [4.78, 5) is 0. The molecule has 60 valence electrons. The lowest BCUT2D eigenvalue weighted by molar-refractivity contribution is -0.0134. The minimum Gasteiger partial charge on any atom is -0.390 e. The largest absolute Gasteiger partial charge is 0.390 e. The van der Waals surface area contributed by atoms with E-state index in [1.807, 2.05) is 34.6 Å². The topological polar surface area (TPSA) is 20.2 Å². The van der Waals surface area contributed by atoms with E-state index in [9.17, 15) is 5.11 Å². The molecule has 0 amide bonds. The third kappa shape index (κ3) is 1.60. The van der Waals surface area contributed by atoms with Gasteiger partial charge in [-0.05, 0) is 20.8 Å². The van der Waals surface area contributed by atoms with Gasteiger partial charge in [-0.2, -0.15) is 0 Å². The van der Waals surface area contributed by atoms with Crippen LogP contribution in [0.2, 0.25) is 0 Å². The Morgan fingerprint density at radius 1 is 1.20 bits per heavy atom. The van der Waals surface area contributed by atoms with Crippen molar-refractivity contribution in [3.8, 4) is 0 Å².